The van der Waals surface area contributed by atoms with Gasteiger partial charge in [0.25, 0.3) is 0 Å². The Kier molecular flexibility index (Phi) is 3.64. The Hall–Kier alpha value is -1.85. The molecule has 0 aliphatic rings. The van der Waals surface area contributed by atoms with Crippen LogP contribution in [0.5, 0.6) is 0 Å². The largest absolute Gasteiger partial charge is 0.323 e. The van der Waals surface area contributed by atoms with E-state index in [0.717, 1.165) is 5.69 Å². The van der Waals surface area contributed by atoms with E-state index in [-0.39, 0.29) is 5.91 Å². The summed E-state index contributed by atoms with van der Waals surface area (Å²) in [6.07, 6.45) is 3.44. The van der Waals surface area contributed by atoms with Gasteiger partial charge in [0, 0.05) is 17.4 Å². The number of nitrogens with zero attached hydrogens (tertiary/aromatic N) is 2. The molecule has 6 heteroatoms. The summed E-state index contributed by atoms with van der Waals surface area (Å²) >= 11 is 5.93. The van der Waals surface area contributed by atoms with E-state index in [1.807, 2.05) is 0 Å². The fourth-order valence-corrected chi connectivity index (χ4v) is 1.64. The van der Waals surface area contributed by atoms with Crippen molar-refractivity contribution in [1.82, 2.24) is 9.78 Å². The van der Waals surface area contributed by atoms with Crippen molar-refractivity contribution in [1.29, 1.82) is 0 Å². The van der Waals surface area contributed by atoms with Crippen molar-refractivity contribution in [2.75, 3.05) is 5.32 Å². The molecule has 0 unspecified atom stereocenters. The van der Waals surface area contributed by atoms with Gasteiger partial charge in [-0.05, 0) is 31.2 Å². The van der Waals surface area contributed by atoms with E-state index in [2.05, 4.69) is 10.4 Å². The zero-order valence-electron chi connectivity index (χ0n) is 9.80. The zero-order valence-corrected chi connectivity index (χ0v) is 10.6. The van der Waals surface area contributed by atoms with Crippen LogP contribution in [0.1, 0.15) is 6.92 Å². The van der Waals surface area contributed by atoms with Gasteiger partial charge in [-0.3, -0.25) is 4.79 Å². The molecule has 18 heavy (non-hydrogen) atoms. The normalized spacial score (nSPS) is 12.2. The molecule has 1 aromatic heterocycles. The summed E-state index contributed by atoms with van der Waals surface area (Å²) in [5, 5.41) is 7.38. The topological polar surface area (TPSA) is 72.9 Å². The van der Waals surface area contributed by atoms with Gasteiger partial charge in [-0.1, -0.05) is 11.6 Å². The van der Waals surface area contributed by atoms with Crippen molar-refractivity contribution in [3.8, 4) is 5.69 Å². The third-order valence-corrected chi connectivity index (χ3v) is 2.62. The summed E-state index contributed by atoms with van der Waals surface area (Å²) in [4.78, 5) is 11.6. The first-order chi connectivity index (χ1) is 8.58. The molecule has 2 rings (SSSR count). The smallest absolute Gasteiger partial charge is 0.241 e. The molecule has 1 aromatic carbocycles. The second-order valence-corrected chi connectivity index (χ2v) is 4.33. The molecule has 0 aliphatic carbocycles. The highest BCUT2D eigenvalue weighted by atomic mass is 35.5. The van der Waals surface area contributed by atoms with E-state index in [9.17, 15) is 4.79 Å². The predicted octanol–water partition coefficient (Wildman–Crippen LogP) is 1.81. The number of carbonyl (C=O) groups is 1. The van der Waals surface area contributed by atoms with Crippen LogP contribution in [0.2, 0.25) is 5.02 Å². The Labute approximate surface area is 110 Å². The Morgan fingerprint density at radius 3 is 2.94 bits per heavy atom. The molecule has 94 valence electrons. The maximum absolute atomic E-state index is 11.6. The highest BCUT2D eigenvalue weighted by molar-refractivity contribution is 6.31. The fourth-order valence-electron chi connectivity index (χ4n) is 1.47. The van der Waals surface area contributed by atoms with E-state index in [1.54, 1.807) is 48.3 Å². The van der Waals surface area contributed by atoms with Crippen molar-refractivity contribution in [2.45, 2.75) is 13.0 Å². The van der Waals surface area contributed by atoms with Crippen molar-refractivity contribution < 1.29 is 4.79 Å². The number of halogens is 1. The maximum atomic E-state index is 11.6. The lowest BCUT2D eigenvalue weighted by atomic mass is 10.2. The van der Waals surface area contributed by atoms with E-state index in [0.29, 0.717) is 10.7 Å². The predicted molar refractivity (Wildman–Crippen MR) is 70.9 cm³/mol. The Morgan fingerprint density at radius 2 is 2.33 bits per heavy atom. The lowest BCUT2D eigenvalue weighted by Gasteiger charge is -2.13. The lowest BCUT2D eigenvalue weighted by molar-refractivity contribution is -0.117. The number of benzene rings is 1. The SMILES string of the molecule is C[C@@H](N)C(=O)Nc1cc(Cl)ccc1-n1cccn1. The van der Waals surface area contributed by atoms with Gasteiger partial charge in [0.15, 0.2) is 0 Å². The van der Waals surface area contributed by atoms with Gasteiger partial charge in [0.1, 0.15) is 0 Å². The summed E-state index contributed by atoms with van der Waals surface area (Å²) in [6, 6.07) is 6.39. The van der Waals surface area contributed by atoms with Gasteiger partial charge in [-0.2, -0.15) is 5.10 Å². The molecule has 1 heterocycles. The molecular weight excluding hydrogens is 252 g/mol. The van der Waals surface area contributed by atoms with Gasteiger partial charge < -0.3 is 11.1 Å². The van der Waals surface area contributed by atoms with Gasteiger partial charge in [-0.25, -0.2) is 4.68 Å². The number of carbonyl (C=O) groups excluding carboxylic acids is 1. The highest BCUT2D eigenvalue weighted by Crippen LogP contribution is 2.24. The van der Waals surface area contributed by atoms with Crippen LogP contribution in [0.25, 0.3) is 5.69 Å². The van der Waals surface area contributed by atoms with Gasteiger partial charge >= 0.3 is 0 Å². The Morgan fingerprint density at radius 1 is 1.56 bits per heavy atom. The van der Waals surface area contributed by atoms with Crippen LogP contribution >= 0.6 is 11.6 Å². The van der Waals surface area contributed by atoms with Crippen molar-refractivity contribution in [3.05, 3.63) is 41.7 Å². The van der Waals surface area contributed by atoms with E-state index >= 15 is 0 Å². The molecule has 0 radical (unpaired) electrons. The Bertz CT molecular complexity index is 551. The quantitative estimate of drug-likeness (QED) is 0.888. The summed E-state index contributed by atoms with van der Waals surface area (Å²) < 4.78 is 1.65. The molecule has 3 N–H and O–H groups in total. The molecule has 1 atom stereocenters. The molecule has 0 saturated carbocycles. The second-order valence-electron chi connectivity index (χ2n) is 3.89. The first-order valence-corrected chi connectivity index (χ1v) is 5.82. The standard InChI is InChI=1S/C12H13ClN4O/c1-8(14)12(18)16-10-7-9(13)3-4-11(10)17-6-2-5-15-17/h2-8H,14H2,1H3,(H,16,18)/t8-/m1/s1. The van der Waals surface area contributed by atoms with Gasteiger partial charge in [-0.15, -0.1) is 0 Å². The van der Waals surface area contributed by atoms with Crippen molar-refractivity contribution in [2.24, 2.45) is 5.73 Å². The average Bonchev–Trinajstić information content (AvgIpc) is 2.82. The number of anilines is 1. The summed E-state index contributed by atoms with van der Waals surface area (Å²) in [6.45, 7) is 1.62. The number of nitrogens with two attached hydrogens (primary N) is 1. The van der Waals surface area contributed by atoms with Crippen LogP contribution in [-0.2, 0) is 4.79 Å². The minimum Gasteiger partial charge on any atom is -0.323 e. The monoisotopic (exact) mass is 264 g/mol. The molecule has 5 nitrogen and oxygen atoms in total. The molecule has 0 fully saturated rings. The number of nitrogens with one attached hydrogen (secondary N) is 1. The molecule has 0 aliphatic heterocycles. The van der Waals surface area contributed by atoms with Crippen LogP contribution in [0, 0.1) is 0 Å². The van der Waals surface area contributed by atoms with E-state index in [4.69, 9.17) is 17.3 Å². The van der Waals surface area contributed by atoms with Crippen LogP contribution < -0.4 is 11.1 Å². The second kappa shape index (κ2) is 5.20. The van der Waals surface area contributed by atoms with Crippen molar-refractivity contribution >= 4 is 23.2 Å². The number of aromatic nitrogens is 2. The van der Waals surface area contributed by atoms with E-state index < -0.39 is 6.04 Å². The minimum absolute atomic E-state index is 0.273. The lowest BCUT2D eigenvalue weighted by Crippen LogP contribution is -2.32. The number of rotatable bonds is 3. The first kappa shape index (κ1) is 12.6. The molecule has 2 aromatic rings. The van der Waals surface area contributed by atoms with Crippen LogP contribution in [0.3, 0.4) is 0 Å². The maximum Gasteiger partial charge on any atom is 0.241 e. The van der Waals surface area contributed by atoms with Crippen LogP contribution in [-0.4, -0.2) is 21.7 Å². The minimum atomic E-state index is -0.588. The number of hydrogen-bond donors (Lipinski definition) is 2. The highest BCUT2D eigenvalue weighted by Gasteiger charge is 2.12. The summed E-state index contributed by atoms with van der Waals surface area (Å²) in [7, 11) is 0. The number of amides is 1. The third kappa shape index (κ3) is 2.69. The molecule has 1 amide bonds. The van der Waals surface area contributed by atoms with Crippen molar-refractivity contribution in [3.63, 3.8) is 0 Å². The fraction of sp³-hybridized carbons (Fsp3) is 0.167. The average molecular weight is 265 g/mol. The van der Waals surface area contributed by atoms with Gasteiger partial charge in [0.2, 0.25) is 5.91 Å². The molecule has 0 spiro atoms. The summed E-state index contributed by atoms with van der Waals surface area (Å²) in [5.74, 6) is -0.273. The van der Waals surface area contributed by atoms with Crippen LogP contribution in [0.4, 0.5) is 5.69 Å². The van der Waals surface area contributed by atoms with Crippen LogP contribution in [0.15, 0.2) is 36.7 Å². The molecular formula is C12H13ClN4O. The third-order valence-electron chi connectivity index (χ3n) is 2.38. The first-order valence-electron chi connectivity index (χ1n) is 5.44. The molecule has 0 bridgehead atoms. The van der Waals surface area contributed by atoms with E-state index in [1.165, 1.54) is 0 Å². The summed E-state index contributed by atoms with van der Waals surface area (Å²) in [5.41, 5.74) is 6.84. The number of hydrogen-bond acceptors (Lipinski definition) is 3. The Balaban J connectivity index is 2.39. The van der Waals surface area contributed by atoms with Gasteiger partial charge in [0.05, 0.1) is 17.4 Å². The molecule has 0 saturated heterocycles. The zero-order chi connectivity index (χ0) is 13.1.